The van der Waals surface area contributed by atoms with Crippen molar-refractivity contribution in [1.29, 1.82) is 0 Å². The summed E-state index contributed by atoms with van der Waals surface area (Å²) in [5.74, 6) is 1.41. The highest BCUT2D eigenvalue weighted by Gasteiger charge is 2.15. The van der Waals surface area contributed by atoms with Crippen molar-refractivity contribution in [2.45, 2.75) is 30.8 Å². The summed E-state index contributed by atoms with van der Waals surface area (Å²) < 4.78 is 33.1. The van der Waals surface area contributed by atoms with Crippen LogP contribution in [0.4, 0.5) is 17.5 Å². The monoisotopic (exact) mass is 495 g/mol. The summed E-state index contributed by atoms with van der Waals surface area (Å²) in [5.41, 5.74) is 0.627. The van der Waals surface area contributed by atoms with E-state index >= 15 is 0 Å². The van der Waals surface area contributed by atoms with Gasteiger partial charge in [0, 0.05) is 11.9 Å². The molecule has 0 saturated carbocycles. The van der Waals surface area contributed by atoms with Crippen LogP contribution in [-0.4, -0.2) is 36.1 Å². The Kier molecular flexibility index (Phi) is 7.43. The molecule has 4 N–H and O–H groups in total. The molecule has 9 nitrogen and oxygen atoms in total. The van der Waals surface area contributed by atoms with Crippen LogP contribution in [0.25, 0.3) is 0 Å². The minimum Gasteiger partial charge on any atom is -0.468 e. The predicted molar refractivity (Wildman–Crippen MR) is 117 cm³/mol. The zero-order chi connectivity index (χ0) is 21.6. The molecule has 0 bridgehead atoms. The Morgan fingerprint density at radius 3 is 2.63 bits per heavy atom. The fourth-order valence-corrected chi connectivity index (χ4v) is 3.81. The highest BCUT2D eigenvalue weighted by molar-refractivity contribution is 9.10. The molecule has 0 radical (unpaired) electrons. The first-order chi connectivity index (χ1) is 14.4. The first-order valence-corrected chi connectivity index (χ1v) is 11.5. The van der Waals surface area contributed by atoms with Crippen molar-refractivity contribution in [1.82, 2.24) is 14.7 Å². The molecule has 2 aromatic heterocycles. The zero-order valence-corrected chi connectivity index (χ0v) is 18.6. The van der Waals surface area contributed by atoms with Crippen LogP contribution >= 0.6 is 15.9 Å². The average Bonchev–Trinajstić information content (AvgIpc) is 3.27. The molecule has 160 valence electrons. The van der Waals surface area contributed by atoms with Gasteiger partial charge in [0.05, 0.1) is 34.8 Å². The molecule has 2 heterocycles. The lowest BCUT2D eigenvalue weighted by molar-refractivity contribution is 0.271. The minimum atomic E-state index is -3.67. The van der Waals surface area contributed by atoms with E-state index in [0.29, 0.717) is 27.7 Å². The van der Waals surface area contributed by atoms with E-state index in [4.69, 9.17) is 4.42 Å². The number of aromatic nitrogens is 2. The van der Waals surface area contributed by atoms with E-state index in [1.807, 2.05) is 6.92 Å². The quantitative estimate of drug-likeness (QED) is 0.337. The summed E-state index contributed by atoms with van der Waals surface area (Å²) in [6, 6.07) is 9.50. The predicted octanol–water partition coefficient (Wildman–Crippen LogP) is 3.24. The smallest absolute Gasteiger partial charge is 0.240 e. The number of furan rings is 1. The summed E-state index contributed by atoms with van der Waals surface area (Å²) in [4.78, 5) is 8.74. The normalized spacial score (nSPS) is 12.5. The summed E-state index contributed by atoms with van der Waals surface area (Å²) >= 11 is 3.39. The fraction of sp³-hybridized carbons (Fsp3) is 0.263. The van der Waals surface area contributed by atoms with Crippen molar-refractivity contribution in [2.24, 2.45) is 0 Å². The Hall–Kier alpha value is -2.47. The van der Waals surface area contributed by atoms with Gasteiger partial charge in [-0.15, -0.1) is 0 Å². The Balaban J connectivity index is 1.68. The number of aliphatic hydroxyl groups is 1. The van der Waals surface area contributed by atoms with Gasteiger partial charge in [0.1, 0.15) is 11.6 Å². The van der Waals surface area contributed by atoms with E-state index in [1.54, 1.807) is 30.5 Å². The van der Waals surface area contributed by atoms with E-state index in [9.17, 15) is 13.5 Å². The second-order valence-corrected chi connectivity index (χ2v) is 9.00. The van der Waals surface area contributed by atoms with Crippen LogP contribution in [-0.2, 0) is 16.6 Å². The Bertz CT molecular complexity index is 1060. The van der Waals surface area contributed by atoms with Crippen LogP contribution in [0.2, 0.25) is 0 Å². The van der Waals surface area contributed by atoms with E-state index in [1.165, 1.54) is 18.4 Å². The molecule has 3 rings (SSSR count). The summed E-state index contributed by atoms with van der Waals surface area (Å²) in [7, 11) is -3.67. The largest absolute Gasteiger partial charge is 0.468 e. The van der Waals surface area contributed by atoms with Gasteiger partial charge in [0.2, 0.25) is 16.0 Å². The van der Waals surface area contributed by atoms with Crippen LogP contribution in [0.1, 0.15) is 19.1 Å². The average molecular weight is 496 g/mol. The Labute approximate surface area is 183 Å². The third-order valence-corrected chi connectivity index (χ3v) is 6.23. The second-order valence-electron chi connectivity index (χ2n) is 6.38. The van der Waals surface area contributed by atoms with Gasteiger partial charge in [0.25, 0.3) is 0 Å². The second kappa shape index (κ2) is 10.0. The molecule has 11 heteroatoms. The molecule has 0 fully saturated rings. The number of nitrogens with zero attached hydrogens (tertiary/aromatic N) is 2. The molecule has 0 amide bonds. The maximum Gasteiger partial charge on any atom is 0.240 e. The van der Waals surface area contributed by atoms with Crippen LogP contribution in [0, 0.1) is 0 Å². The van der Waals surface area contributed by atoms with Gasteiger partial charge in [-0.3, -0.25) is 0 Å². The minimum absolute atomic E-state index is 0.0143. The molecule has 0 aliphatic heterocycles. The SMILES string of the molecule is CC[C@H](CO)Nc1nc(Nc2ccc(S(=O)(=O)NCc3ccco3)cc2)ncc1Br. The van der Waals surface area contributed by atoms with E-state index < -0.39 is 10.0 Å². The number of sulfonamides is 1. The van der Waals surface area contributed by atoms with E-state index in [2.05, 4.69) is 41.3 Å². The molecule has 1 aromatic carbocycles. The first-order valence-electron chi connectivity index (χ1n) is 9.20. The third kappa shape index (κ3) is 5.79. The molecule has 0 spiro atoms. The van der Waals surface area contributed by atoms with Gasteiger partial charge < -0.3 is 20.2 Å². The van der Waals surface area contributed by atoms with Gasteiger partial charge in [-0.05, 0) is 58.7 Å². The molecular weight excluding hydrogens is 474 g/mol. The molecule has 0 saturated heterocycles. The lowest BCUT2D eigenvalue weighted by Gasteiger charge is -2.16. The topological polar surface area (TPSA) is 129 Å². The number of benzene rings is 1. The van der Waals surface area contributed by atoms with Crippen molar-refractivity contribution in [3.05, 3.63) is 59.1 Å². The van der Waals surface area contributed by atoms with Crippen LogP contribution in [0.5, 0.6) is 0 Å². The summed E-state index contributed by atoms with van der Waals surface area (Å²) in [5, 5.41) is 15.6. The number of rotatable bonds is 10. The highest BCUT2D eigenvalue weighted by Crippen LogP contribution is 2.23. The zero-order valence-electron chi connectivity index (χ0n) is 16.2. The van der Waals surface area contributed by atoms with Gasteiger partial charge in [0.15, 0.2) is 0 Å². The highest BCUT2D eigenvalue weighted by atomic mass is 79.9. The van der Waals surface area contributed by atoms with Crippen molar-refractivity contribution in [3.8, 4) is 0 Å². The molecule has 0 aliphatic rings. The number of halogens is 1. The summed E-state index contributed by atoms with van der Waals surface area (Å²) in [6.45, 7) is 2.02. The molecule has 3 aromatic rings. The van der Waals surface area contributed by atoms with Gasteiger partial charge in [-0.2, -0.15) is 4.98 Å². The van der Waals surface area contributed by atoms with Gasteiger partial charge >= 0.3 is 0 Å². The molecular formula is C19H22BrN5O4S. The van der Waals surface area contributed by atoms with Crippen molar-refractivity contribution < 1.29 is 17.9 Å². The number of hydrogen-bond acceptors (Lipinski definition) is 8. The molecule has 0 unspecified atom stereocenters. The third-order valence-electron chi connectivity index (χ3n) is 4.24. The fourth-order valence-electron chi connectivity index (χ4n) is 2.51. The lowest BCUT2D eigenvalue weighted by Crippen LogP contribution is -2.23. The molecule has 30 heavy (non-hydrogen) atoms. The van der Waals surface area contributed by atoms with Crippen molar-refractivity contribution >= 4 is 43.4 Å². The van der Waals surface area contributed by atoms with Crippen molar-refractivity contribution in [2.75, 3.05) is 17.2 Å². The Morgan fingerprint density at radius 1 is 1.23 bits per heavy atom. The number of hydrogen-bond donors (Lipinski definition) is 4. The maximum absolute atomic E-state index is 12.4. The number of anilines is 3. The molecule has 0 aliphatic carbocycles. The van der Waals surface area contributed by atoms with Crippen LogP contribution in [0.15, 0.2) is 62.6 Å². The van der Waals surface area contributed by atoms with Crippen LogP contribution < -0.4 is 15.4 Å². The Morgan fingerprint density at radius 2 is 2.00 bits per heavy atom. The number of aliphatic hydroxyl groups excluding tert-OH is 1. The summed E-state index contributed by atoms with van der Waals surface area (Å²) in [6.07, 6.45) is 3.82. The molecule has 1 atom stereocenters. The standard InChI is InChI=1S/C19H22BrN5O4S/c1-2-13(12-26)23-18-17(20)11-21-19(25-18)24-14-5-7-16(8-6-14)30(27,28)22-10-15-4-3-9-29-15/h3-9,11,13,22,26H,2,10,12H2,1H3,(H2,21,23,24,25)/t13-/m1/s1. The maximum atomic E-state index is 12.4. The van der Waals surface area contributed by atoms with Crippen LogP contribution in [0.3, 0.4) is 0 Å². The van der Waals surface area contributed by atoms with Crippen molar-refractivity contribution in [3.63, 3.8) is 0 Å². The number of nitrogens with one attached hydrogen (secondary N) is 3. The lowest BCUT2D eigenvalue weighted by atomic mass is 10.2. The van der Waals surface area contributed by atoms with E-state index in [0.717, 1.165) is 6.42 Å². The van der Waals surface area contributed by atoms with E-state index in [-0.39, 0.29) is 24.1 Å². The van der Waals surface area contributed by atoms with Gasteiger partial charge in [-0.1, -0.05) is 6.92 Å². The van der Waals surface area contributed by atoms with Gasteiger partial charge in [-0.25, -0.2) is 18.1 Å². The first kappa shape index (κ1) is 22.2.